The predicted molar refractivity (Wildman–Crippen MR) is 51.2 cm³/mol. The number of hydrogen-bond donors (Lipinski definition) is 2. The summed E-state index contributed by atoms with van der Waals surface area (Å²) in [6, 6.07) is 0. The van der Waals surface area contributed by atoms with Crippen LogP contribution >= 0.6 is 0 Å². The molecule has 0 aromatic heterocycles. The van der Waals surface area contributed by atoms with E-state index in [-0.39, 0.29) is 12.0 Å². The summed E-state index contributed by atoms with van der Waals surface area (Å²) >= 11 is 0. The van der Waals surface area contributed by atoms with E-state index in [1.165, 1.54) is 19.3 Å². The molecule has 0 saturated heterocycles. The Hall–Kier alpha value is -0.0800. The lowest BCUT2D eigenvalue weighted by molar-refractivity contribution is -0.0470. The van der Waals surface area contributed by atoms with Gasteiger partial charge in [-0.25, -0.2) is 0 Å². The van der Waals surface area contributed by atoms with E-state index < -0.39 is 5.60 Å². The zero-order valence-corrected chi connectivity index (χ0v) is 8.53. The Morgan fingerprint density at radius 3 is 2.69 bits per heavy atom. The molecule has 2 rings (SSSR count). The Morgan fingerprint density at radius 2 is 2.08 bits per heavy atom. The van der Waals surface area contributed by atoms with Crippen molar-refractivity contribution in [1.29, 1.82) is 0 Å². The molecule has 2 saturated carbocycles. The minimum Gasteiger partial charge on any atom is -0.393 e. The topological polar surface area (TPSA) is 40.5 Å². The van der Waals surface area contributed by atoms with Crippen molar-refractivity contribution in [2.24, 2.45) is 17.8 Å². The molecule has 0 unspecified atom stereocenters. The quantitative estimate of drug-likeness (QED) is 0.649. The van der Waals surface area contributed by atoms with Crippen LogP contribution < -0.4 is 0 Å². The van der Waals surface area contributed by atoms with Crippen LogP contribution in [0.4, 0.5) is 0 Å². The lowest BCUT2D eigenvalue weighted by Crippen LogP contribution is -2.38. The second-order valence-corrected chi connectivity index (χ2v) is 5.18. The molecule has 5 atom stereocenters. The first-order valence-corrected chi connectivity index (χ1v) is 5.43. The molecular weight excluding hydrogens is 164 g/mol. The van der Waals surface area contributed by atoms with Crippen LogP contribution in [0.1, 0.15) is 39.5 Å². The third-order valence-electron chi connectivity index (χ3n) is 4.09. The van der Waals surface area contributed by atoms with Gasteiger partial charge < -0.3 is 10.2 Å². The van der Waals surface area contributed by atoms with Gasteiger partial charge >= 0.3 is 0 Å². The molecule has 0 heterocycles. The van der Waals surface area contributed by atoms with Crippen LogP contribution in [-0.2, 0) is 0 Å². The minimum absolute atomic E-state index is 0.111. The van der Waals surface area contributed by atoms with Gasteiger partial charge in [0.1, 0.15) is 0 Å². The molecular formula is C11H20O2. The van der Waals surface area contributed by atoms with Gasteiger partial charge in [-0.05, 0) is 38.5 Å². The SMILES string of the molecule is C[C@@H](O)[C@@H]1[C@H]2CCC[C@H]2C[C@@]1(C)O. The molecule has 0 aromatic carbocycles. The maximum absolute atomic E-state index is 10.2. The number of aliphatic hydroxyl groups excluding tert-OH is 1. The average molecular weight is 184 g/mol. The Kier molecular flexibility index (Phi) is 2.16. The molecule has 13 heavy (non-hydrogen) atoms. The number of hydrogen-bond acceptors (Lipinski definition) is 2. The van der Waals surface area contributed by atoms with Gasteiger partial charge in [0, 0.05) is 5.92 Å². The summed E-state index contributed by atoms with van der Waals surface area (Å²) in [6.07, 6.45) is 4.28. The monoisotopic (exact) mass is 184 g/mol. The average Bonchev–Trinajstić information content (AvgIpc) is 2.41. The summed E-state index contributed by atoms with van der Waals surface area (Å²) in [6.45, 7) is 3.71. The fraction of sp³-hybridized carbons (Fsp3) is 1.00. The van der Waals surface area contributed by atoms with Crippen molar-refractivity contribution < 1.29 is 10.2 Å². The molecule has 76 valence electrons. The van der Waals surface area contributed by atoms with Gasteiger partial charge in [0.15, 0.2) is 0 Å². The Balaban J connectivity index is 2.20. The molecule has 2 heteroatoms. The van der Waals surface area contributed by atoms with Crippen molar-refractivity contribution in [3.8, 4) is 0 Å². The summed E-state index contributed by atoms with van der Waals surface area (Å²) in [5.74, 6) is 1.37. The van der Waals surface area contributed by atoms with Gasteiger partial charge in [0.05, 0.1) is 11.7 Å². The highest BCUT2D eigenvalue weighted by molar-refractivity contribution is 5.02. The van der Waals surface area contributed by atoms with E-state index in [9.17, 15) is 10.2 Å². The highest BCUT2D eigenvalue weighted by Gasteiger charge is 2.52. The Morgan fingerprint density at radius 1 is 1.38 bits per heavy atom. The van der Waals surface area contributed by atoms with E-state index in [0.717, 1.165) is 6.42 Å². The van der Waals surface area contributed by atoms with Gasteiger partial charge in [0.25, 0.3) is 0 Å². The number of fused-ring (bicyclic) bond motifs is 1. The van der Waals surface area contributed by atoms with E-state index in [2.05, 4.69) is 0 Å². The first-order chi connectivity index (χ1) is 6.02. The zero-order valence-electron chi connectivity index (χ0n) is 8.53. The lowest BCUT2D eigenvalue weighted by atomic mass is 9.82. The fourth-order valence-electron chi connectivity index (χ4n) is 3.80. The Bertz CT molecular complexity index is 198. The fourth-order valence-corrected chi connectivity index (χ4v) is 3.80. The summed E-state index contributed by atoms with van der Waals surface area (Å²) in [5.41, 5.74) is -0.621. The zero-order chi connectivity index (χ0) is 9.64. The van der Waals surface area contributed by atoms with Crippen molar-refractivity contribution in [1.82, 2.24) is 0 Å². The van der Waals surface area contributed by atoms with Crippen LogP contribution in [0.15, 0.2) is 0 Å². The molecule has 0 bridgehead atoms. The summed E-state index contributed by atoms with van der Waals surface area (Å²) in [7, 11) is 0. The molecule has 2 fully saturated rings. The predicted octanol–water partition coefficient (Wildman–Crippen LogP) is 1.55. The largest absolute Gasteiger partial charge is 0.393 e. The van der Waals surface area contributed by atoms with Crippen LogP contribution in [0.25, 0.3) is 0 Å². The molecule has 2 nitrogen and oxygen atoms in total. The molecule has 0 aliphatic heterocycles. The van der Waals surface area contributed by atoms with Gasteiger partial charge in [0.2, 0.25) is 0 Å². The standard InChI is InChI=1S/C11H20O2/c1-7(12)10-9-5-3-4-8(9)6-11(10,2)13/h7-10,12-13H,3-6H2,1-2H3/t7-,8+,9+,10-,11-/m1/s1. The van der Waals surface area contributed by atoms with Gasteiger partial charge in [-0.1, -0.05) is 12.8 Å². The normalized spacial score (nSPS) is 52.2. The van der Waals surface area contributed by atoms with Crippen LogP contribution in [0.5, 0.6) is 0 Å². The minimum atomic E-state index is -0.621. The molecule has 0 spiro atoms. The van der Waals surface area contributed by atoms with Crippen molar-refractivity contribution in [3.63, 3.8) is 0 Å². The maximum atomic E-state index is 10.2. The summed E-state index contributed by atoms with van der Waals surface area (Å²) < 4.78 is 0. The summed E-state index contributed by atoms with van der Waals surface area (Å²) in [4.78, 5) is 0. The molecule has 2 aliphatic rings. The first kappa shape index (κ1) is 9.47. The van der Waals surface area contributed by atoms with E-state index in [1.807, 2.05) is 13.8 Å². The second-order valence-electron chi connectivity index (χ2n) is 5.18. The maximum Gasteiger partial charge on any atom is 0.0677 e. The molecule has 2 aliphatic carbocycles. The number of rotatable bonds is 1. The van der Waals surface area contributed by atoms with E-state index in [4.69, 9.17) is 0 Å². The number of aliphatic hydroxyl groups is 2. The van der Waals surface area contributed by atoms with Crippen LogP contribution in [0.2, 0.25) is 0 Å². The van der Waals surface area contributed by atoms with E-state index in [0.29, 0.717) is 11.8 Å². The van der Waals surface area contributed by atoms with Gasteiger partial charge in [-0.3, -0.25) is 0 Å². The van der Waals surface area contributed by atoms with Gasteiger partial charge in [-0.2, -0.15) is 0 Å². The van der Waals surface area contributed by atoms with Crippen LogP contribution in [0, 0.1) is 17.8 Å². The van der Waals surface area contributed by atoms with Crippen molar-refractivity contribution >= 4 is 0 Å². The van der Waals surface area contributed by atoms with Crippen molar-refractivity contribution in [2.75, 3.05) is 0 Å². The summed E-state index contributed by atoms with van der Waals surface area (Å²) in [5, 5.41) is 19.8. The molecule has 2 N–H and O–H groups in total. The lowest BCUT2D eigenvalue weighted by Gasteiger charge is -2.31. The van der Waals surface area contributed by atoms with Crippen LogP contribution in [0.3, 0.4) is 0 Å². The Labute approximate surface area is 80.0 Å². The second kappa shape index (κ2) is 2.96. The first-order valence-electron chi connectivity index (χ1n) is 5.43. The molecule has 0 radical (unpaired) electrons. The molecule has 0 aromatic rings. The van der Waals surface area contributed by atoms with Gasteiger partial charge in [-0.15, -0.1) is 0 Å². The molecule has 0 amide bonds. The third-order valence-corrected chi connectivity index (χ3v) is 4.09. The van der Waals surface area contributed by atoms with E-state index >= 15 is 0 Å². The highest BCUT2D eigenvalue weighted by atomic mass is 16.3. The smallest absolute Gasteiger partial charge is 0.0677 e. The third kappa shape index (κ3) is 1.40. The van der Waals surface area contributed by atoms with E-state index in [1.54, 1.807) is 0 Å². The highest BCUT2D eigenvalue weighted by Crippen LogP contribution is 2.53. The van der Waals surface area contributed by atoms with Crippen molar-refractivity contribution in [3.05, 3.63) is 0 Å². The van der Waals surface area contributed by atoms with Crippen LogP contribution in [-0.4, -0.2) is 21.9 Å². The van der Waals surface area contributed by atoms with Crippen molar-refractivity contribution in [2.45, 2.75) is 51.2 Å².